The van der Waals surface area contributed by atoms with Crippen LogP contribution in [-0.2, 0) is 13.0 Å². The smallest absolute Gasteiger partial charge is 0.321 e. The fraction of sp³-hybridized carbons (Fsp3) is 0.235. The van der Waals surface area contributed by atoms with Crippen molar-refractivity contribution in [1.29, 1.82) is 0 Å². The summed E-state index contributed by atoms with van der Waals surface area (Å²) in [4.78, 5) is 11.9. The number of carbonyl (C=O) groups excluding carboxylic acids is 1. The molecule has 3 rings (SSSR count). The zero-order valence-corrected chi connectivity index (χ0v) is 15.1. The number of rotatable bonds is 7. The van der Waals surface area contributed by atoms with Crippen LogP contribution in [0.15, 0.2) is 41.2 Å². The van der Waals surface area contributed by atoms with Crippen molar-refractivity contribution in [3.63, 3.8) is 0 Å². The maximum Gasteiger partial charge on any atom is 0.321 e. The van der Waals surface area contributed by atoms with Gasteiger partial charge in [0.25, 0.3) is 0 Å². The van der Waals surface area contributed by atoms with E-state index in [4.69, 9.17) is 13.9 Å². The number of carbonyl (C=O) groups is 1. The first-order valence-electron chi connectivity index (χ1n) is 7.77. The summed E-state index contributed by atoms with van der Waals surface area (Å²) in [6.45, 7) is 0.375. The summed E-state index contributed by atoms with van der Waals surface area (Å²) in [5, 5.41) is 14.7. The van der Waals surface area contributed by atoms with E-state index in [0.29, 0.717) is 29.6 Å². The third-order valence-corrected chi connectivity index (χ3v) is 4.36. The lowest BCUT2D eigenvalue weighted by molar-refractivity contribution is 0.251. The Balaban J connectivity index is 1.56. The van der Waals surface area contributed by atoms with E-state index in [0.717, 1.165) is 16.1 Å². The van der Waals surface area contributed by atoms with Crippen molar-refractivity contribution >= 4 is 22.5 Å². The topological polar surface area (TPSA) is 98.5 Å². The average Bonchev–Trinajstić information content (AvgIpc) is 3.32. The van der Waals surface area contributed by atoms with E-state index in [1.807, 2.05) is 18.2 Å². The molecular formula is C17H18N4O4S. The number of amides is 2. The molecule has 0 radical (unpaired) electrons. The van der Waals surface area contributed by atoms with Crippen molar-refractivity contribution in [2.45, 2.75) is 13.0 Å². The van der Waals surface area contributed by atoms with Gasteiger partial charge < -0.3 is 19.2 Å². The Morgan fingerprint density at radius 2 is 2.00 bits per heavy atom. The molecule has 136 valence electrons. The molecule has 0 spiro atoms. The van der Waals surface area contributed by atoms with Gasteiger partial charge in [0.05, 0.1) is 26.7 Å². The number of urea groups is 1. The summed E-state index contributed by atoms with van der Waals surface area (Å²) >= 11 is 1.32. The molecule has 2 amide bonds. The predicted molar refractivity (Wildman–Crippen MR) is 96.8 cm³/mol. The van der Waals surface area contributed by atoms with Gasteiger partial charge in [0.2, 0.25) is 5.13 Å². The van der Waals surface area contributed by atoms with Crippen LogP contribution in [0.3, 0.4) is 0 Å². The Bertz CT molecular complexity index is 864. The molecule has 0 bridgehead atoms. The summed E-state index contributed by atoms with van der Waals surface area (Å²) in [6, 6.07) is 7.11. The first-order chi connectivity index (χ1) is 12.7. The second-order valence-electron chi connectivity index (χ2n) is 5.31. The second kappa shape index (κ2) is 8.34. The van der Waals surface area contributed by atoms with Crippen LogP contribution < -0.4 is 20.1 Å². The van der Waals surface area contributed by atoms with Crippen molar-refractivity contribution < 1.29 is 18.7 Å². The Labute approximate surface area is 154 Å². The van der Waals surface area contributed by atoms with Crippen LogP contribution >= 0.6 is 11.3 Å². The highest BCUT2D eigenvalue weighted by atomic mass is 32.1. The van der Waals surface area contributed by atoms with Crippen molar-refractivity contribution in [3.05, 3.63) is 52.9 Å². The van der Waals surface area contributed by atoms with Gasteiger partial charge in [-0.15, -0.1) is 10.2 Å². The number of methoxy groups -OCH3 is 2. The minimum Gasteiger partial charge on any atom is -0.493 e. The van der Waals surface area contributed by atoms with Crippen LogP contribution in [0.1, 0.15) is 16.1 Å². The molecule has 9 heteroatoms. The van der Waals surface area contributed by atoms with E-state index in [1.165, 1.54) is 11.3 Å². The molecule has 0 saturated carbocycles. The zero-order chi connectivity index (χ0) is 18.4. The molecule has 0 saturated heterocycles. The Morgan fingerprint density at radius 3 is 2.73 bits per heavy atom. The number of benzene rings is 1. The number of nitrogens with one attached hydrogen (secondary N) is 2. The van der Waals surface area contributed by atoms with Gasteiger partial charge in [-0.25, -0.2) is 4.79 Å². The fourth-order valence-corrected chi connectivity index (χ4v) is 3.03. The molecule has 0 unspecified atom stereocenters. The van der Waals surface area contributed by atoms with Gasteiger partial charge in [0, 0.05) is 18.5 Å². The van der Waals surface area contributed by atoms with Crippen LogP contribution in [-0.4, -0.2) is 30.4 Å². The van der Waals surface area contributed by atoms with Gasteiger partial charge in [-0.05, 0) is 23.8 Å². The van der Waals surface area contributed by atoms with Gasteiger partial charge in [-0.1, -0.05) is 17.4 Å². The standard InChI is InChI=1S/C17H18N4O4S/c1-23-13-4-3-11(7-14(13)24-2)8-15-20-21-17(26-15)19-16(22)18-9-12-5-6-25-10-12/h3-7,10H,8-9H2,1-2H3,(H2,18,19,21,22). The number of anilines is 1. The third kappa shape index (κ3) is 4.51. The van der Waals surface area contributed by atoms with Crippen molar-refractivity contribution in [2.24, 2.45) is 0 Å². The van der Waals surface area contributed by atoms with E-state index < -0.39 is 0 Å². The highest BCUT2D eigenvalue weighted by molar-refractivity contribution is 7.15. The molecule has 3 aromatic rings. The van der Waals surface area contributed by atoms with Crippen LogP contribution in [0.4, 0.5) is 9.93 Å². The molecule has 0 aliphatic heterocycles. The average molecular weight is 374 g/mol. The van der Waals surface area contributed by atoms with Crippen LogP contribution in [0.25, 0.3) is 0 Å². The first kappa shape index (κ1) is 17.7. The molecule has 0 atom stereocenters. The van der Waals surface area contributed by atoms with E-state index in [-0.39, 0.29) is 6.03 Å². The summed E-state index contributed by atoms with van der Waals surface area (Å²) in [6.07, 6.45) is 3.71. The van der Waals surface area contributed by atoms with Crippen molar-refractivity contribution in [2.75, 3.05) is 19.5 Å². The molecule has 0 fully saturated rings. The lowest BCUT2D eigenvalue weighted by atomic mass is 10.1. The fourth-order valence-electron chi connectivity index (χ4n) is 2.26. The summed E-state index contributed by atoms with van der Waals surface area (Å²) in [7, 11) is 3.19. The van der Waals surface area contributed by atoms with Gasteiger partial charge in [0.1, 0.15) is 5.01 Å². The van der Waals surface area contributed by atoms with Gasteiger partial charge in [-0.2, -0.15) is 0 Å². The molecule has 0 aliphatic carbocycles. The quantitative estimate of drug-likeness (QED) is 0.659. The lowest BCUT2D eigenvalue weighted by Gasteiger charge is -2.08. The Hall–Kier alpha value is -3.07. The van der Waals surface area contributed by atoms with Gasteiger partial charge in [-0.3, -0.25) is 5.32 Å². The lowest BCUT2D eigenvalue weighted by Crippen LogP contribution is -2.27. The monoisotopic (exact) mass is 374 g/mol. The van der Waals surface area contributed by atoms with E-state index in [1.54, 1.807) is 32.8 Å². The minimum atomic E-state index is -0.347. The van der Waals surface area contributed by atoms with Gasteiger partial charge >= 0.3 is 6.03 Å². The molecule has 26 heavy (non-hydrogen) atoms. The molecular weight excluding hydrogens is 356 g/mol. The molecule has 8 nitrogen and oxygen atoms in total. The third-order valence-electron chi connectivity index (χ3n) is 3.52. The van der Waals surface area contributed by atoms with Crippen molar-refractivity contribution in [3.8, 4) is 11.5 Å². The minimum absolute atomic E-state index is 0.347. The second-order valence-corrected chi connectivity index (χ2v) is 6.37. The Kier molecular flexibility index (Phi) is 5.69. The number of furan rings is 1. The number of ether oxygens (including phenoxy) is 2. The highest BCUT2D eigenvalue weighted by Crippen LogP contribution is 2.29. The SMILES string of the molecule is COc1ccc(Cc2nnc(NC(=O)NCc3ccoc3)s2)cc1OC. The number of hydrogen-bond acceptors (Lipinski definition) is 7. The Morgan fingerprint density at radius 1 is 1.15 bits per heavy atom. The zero-order valence-electron chi connectivity index (χ0n) is 14.3. The first-order valence-corrected chi connectivity index (χ1v) is 8.59. The molecule has 1 aromatic carbocycles. The summed E-state index contributed by atoms with van der Waals surface area (Å²) < 4.78 is 15.5. The summed E-state index contributed by atoms with van der Waals surface area (Å²) in [5.41, 5.74) is 1.89. The molecule has 2 heterocycles. The molecule has 2 N–H and O–H groups in total. The molecule has 0 aliphatic rings. The maximum atomic E-state index is 11.9. The van der Waals surface area contributed by atoms with E-state index >= 15 is 0 Å². The van der Waals surface area contributed by atoms with E-state index in [9.17, 15) is 4.79 Å². The number of hydrogen-bond donors (Lipinski definition) is 2. The van der Waals surface area contributed by atoms with Crippen LogP contribution in [0, 0.1) is 0 Å². The summed E-state index contributed by atoms with van der Waals surface area (Å²) in [5.74, 6) is 1.33. The predicted octanol–water partition coefficient (Wildman–Crippen LogP) is 3.06. The maximum absolute atomic E-state index is 11.9. The number of aromatic nitrogens is 2. The van der Waals surface area contributed by atoms with Crippen LogP contribution in [0.2, 0.25) is 0 Å². The van der Waals surface area contributed by atoms with Gasteiger partial charge in [0.15, 0.2) is 11.5 Å². The number of nitrogens with zero attached hydrogens (tertiary/aromatic N) is 2. The van der Waals surface area contributed by atoms with Crippen molar-refractivity contribution in [1.82, 2.24) is 15.5 Å². The van der Waals surface area contributed by atoms with E-state index in [2.05, 4.69) is 20.8 Å². The largest absolute Gasteiger partial charge is 0.493 e. The molecule has 2 aromatic heterocycles. The normalized spacial score (nSPS) is 10.4. The highest BCUT2D eigenvalue weighted by Gasteiger charge is 2.10. The van der Waals surface area contributed by atoms with Crippen LogP contribution in [0.5, 0.6) is 11.5 Å².